The van der Waals surface area contributed by atoms with Crippen molar-refractivity contribution in [2.24, 2.45) is 11.8 Å². The summed E-state index contributed by atoms with van der Waals surface area (Å²) >= 11 is 0. The number of carboxylic acids is 1. The number of rotatable bonds is 8. The normalized spacial score (nSPS) is 19.4. The average molecular weight is 423 g/mol. The zero-order valence-electron chi connectivity index (χ0n) is 16.4. The number of hydrogen-bond donors (Lipinski definition) is 3. The highest BCUT2D eigenvalue weighted by Gasteiger charge is 2.35. The number of halogens is 2. The smallest absolute Gasteiger partial charge is 0.304 e. The highest BCUT2D eigenvalue weighted by molar-refractivity contribution is 5.85. The maximum atomic E-state index is 12.4. The molecule has 27 heavy (non-hydrogen) atoms. The Hall–Kier alpha value is -1.31. The second-order valence-corrected chi connectivity index (χ2v) is 7.41. The maximum Gasteiger partial charge on any atom is 0.304 e. The van der Waals surface area contributed by atoms with Gasteiger partial charge in [0.25, 0.3) is 0 Å². The minimum Gasteiger partial charge on any atom is -0.481 e. The first-order chi connectivity index (χ1) is 11.8. The Labute approximate surface area is 173 Å². The van der Waals surface area contributed by atoms with Crippen molar-refractivity contribution in [3.05, 3.63) is 17.0 Å². The van der Waals surface area contributed by atoms with E-state index in [1.54, 1.807) is 0 Å². The molecule has 2 rings (SSSR count). The van der Waals surface area contributed by atoms with Gasteiger partial charge in [0.2, 0.25) is 5.91 Å². The molecule has 156 valence electrons. The van der Waals surface area contributed by atoms with E-state index >= 15 is 0 Å². The zero-order chi connectivity index (χ0) is 18.6. The number of nitrogens with one attached hydrogen (secondary N) is 2. The topological polar surface area (TPSA) is 98.3 Å². The quantitative estimate of drug-likeness (QED) is 0.596. The standard InChI is InChI=1S/C18H30N4O3.2ClH/c1-11(2)14-9-22(8-7-18(24)25)10-16(14)19-17(23)6-5-15-12(3)13(4)20-21-15;;/h11,14,16H,5-10H2,1-4H3,(H,19,23)(H,20,21)(H,24,25);2*1H/t14-,16+;;/m1../s1. The van der Waals surface area contributed by atoms with Crippen LogP contribution >= 0.6 is 24.8 Å². The lowest BCUT2D eigenvalue weighted by atomic mass is 9.91. The van der Waals surface area contributed by atoms with E-state index in [0.29, 0.717) is 31.2 Å². The Kier molecular flexibility index (Phi) is 11.0. The summed E-state index contributed by atoms with van der Waals surface area (Å²) in [5, 5.41) is 19.2. The first-order valence-electron chi connectivity index (χ1n) is 9.01. The van der Waals surface area contributed by atoms with E-state index in [0.717, 1.165) is 30.0 Å². The highest BCUT2D eigenvalue weighted by Crippen LogP contribution is 2.24. The summed E-state index contributed by atoms with van der Waals surface area (Å²) in [6.07, 6.45) is 1.19. The monoisotopic (exact) mass is 422 g/mol. The van der Waals surface area contributed by atoms with Crippen molar-refractivity contribution in [2.75, 3.05) is 19.6 Å². The van der Waals surface area contributed by atoms with Crippen molar-refractivity contribution in [2.45, 2.75) is 53.0 Å². The van der Waals surface area contributed by atoms with Crippen LogP contribution in [0.15, 0.2) is 0 Å². The molecule has 0 unspecified atom stereocenters. The molecule has 0 aromatic carbocycles. The summed E-state index contributed by atoms with van der Waals surface area (Å²) in [6, 6.07) is 0.0864. The van der Waals surface area contributed by atoms with Crippen LogP contribution in [0.3, 0.4) is 0 Å². The number of aryl methyl sites for hydroxylation is 2. The lowest BCUT2D eigenvalue weighted by Crippen LogP contribution is -2.42. The van der Waals surface area contributed by atoms with Crippen molar-refractivity contribution in [1.29, 1.82) is 0 Å². The van der Waals surface area contributed by atoms with E-state index in [9.17, 15) is 9.59 Å². The minimum atomic E-state index is -0.779. The van der Waals surface area contributed by atoms with Crippen LogP contribution in [0.5, 0.6) is 0 Å². The Balaban J connectivity index is 0.00000338. The second kappa shape index (κ2) is 11.5. The molecule has 2 atom stereocenters. The van der Waals surface area contributed by atoms with E-state index < -0.39 is 5.97 Å². The zero-order valence-corrected chi connectivity index (χ0v) is 18.1. The molecule has 0 radical (unpaired) electrons. The Morgan fingerprint density at radius 3 is 2.44 bits per heavy atom. The fourth-order valence-electron chi connectivity index (χ4n) is 3.47. The van der Waals surface area contributed by atoms with Gasteiger partial charge in [0.15, 0.2) is 0 Å². The third-order valence-corrected chi connectivity index (χ3v) is 5.23. The van der Waals surface area contributed by atoms with Gasteiger partial charge in [-0.15, -0.1) is 24.8 Å². The van der Waals surface area contributed by atoms with E-state index in [1.807, 2.05) is 13.8 Å². The Bertz CT molecular complexity index is 622. The van der Waals surface area contributed by atoms with Crippen molar-refractivity contribution in [1.82, 2.24) is 20.4 Å². The molecule has 1 aromatic heterocycles. The molecule has 0 bridgehead atoms. The van der Waals surface area contributed by atoms with Gasteiger partial charge in [-0.25, -0.2) is 0 Å². The summed E-state index contributed by atoms with van der Waals surface area (Å²) in [4.78, 5) is 25.3. The number of carboxylic acid groups (broad SMARTS) is 1. The Morgan fingerprint density at radius 1 is 1.26 bits per heavy atom. The van der Waals surface area contributed by atoms with Gasteiger partial charge in [0.05, 0.1) is 12.1 Å². The molecular formula is C18H32Cl2N4O3. The van der Waals surface area contributed by atoms with Gasteiger partial charge < -0.3 is 15.3 Å². The van der Waals surface area contributed by atoms with Gasteiger partial charge in [-0.2, -0.15) is 5.10 Å². The number of aliphatic carboxylic acids is 1. The minimum absolute atomic E-state index is 0. The van der Waals surface area contributed by atoms with Gasteiger partial charge in [0.1, 0.15) is 0 Å². The summed E-state index contributed by atoms with van der Waals surface area (Å²) in [5.41, 5.74) is 3.11. The van der Waals surface area contributed by atoms with Crippen LogP contribution in [0.25, 0.3) is 0 Å². The Morgan fingerprint density at radius 2 is 1.93 bits per heavy atom. The third-order valence-electron chi connectivity index (χ3n) is 5.23. The number of carbonyl (C=O) groups is 2. The van der Waals surface area contributed by atoms with Crippen LogP contribution in [0, 0.1) is 25.7 Å². The number of carbonyl (C=O) groups excluding carboxylic acids is 1. The third kappa shape index (κ3) is 7.31. The largest absolute Gasteiger partial charge is 0.481 e. The van der Waals surface area contributed by atoms with E-state index in [2.05, 4.69) is 34.3 Å². The SMILES string of the molecule is Cc1[nH]nc(CCC(=O)N[C@H]2CN(CCC(=O)O)C[C@@H]2C(C)C)c1C.Cl.Cl. The molecule has 1 aliphatic rings. The van der Waals surface area contributed by atoms with Crippen molar-refractivity contribution >= 4 is 36.7 Å². The maximum absolute atomic E-state index is 12.4. The van der Waals surface area contributed by atoms with E-state index in [-0.39, 0.29) is 43.2 Å². The summed E-state index contributed by atoms with van der Waals surface area (Å²) in [7, 11) is 0. The van der Waals surface area contributed by atoms with Crippen LogP contribution in [-0.4, -0.2) is 57.8 Å². The van der Waals surface area contributed by atoms with Gasteiger partial charge in [-0.3, -0.25) is 14.7 Å². The van der Waals surface area contributed by atoms with Gasteiger partial charge in [-0.05, 0) is 31.2 Å². The molecule has 1 saturated heterocycles. The number of H-pyrrole nitrogens is 1. The van der Waals surface area contributed by atoms with Crippen LogP contribution in [-0.2, 0) is 16.0 Å². The molecule has 3 N–H and O–H groups in total. The number of aromatic amines is 1. The summed E-state index contributed by atoms with van der Waals surface area (Å²) in [6.45, 7) is 10.4. The lowest BCUT2D eigenvalue weighted by molar-refractivity contribution is -0.137. The fraction of sp³-hybridized carbons (Fsp3) is 0.722. The molecule has 2 heterocycles. The predicted octanol–water partition coefficient (Wildman–Crippen LogP) is 2.35. The van der Waals surface area contributed by atoms with Gasteiger partial charge >= 0.3 is 5.97 Å². The van der Waals surface area contributed by atoms with Crippen LogP contribution < -0.4 is 5.32 Å². The number of nitrogens with zero attached hydrogens (tertiary/aromatic N) is 2. The highest BCUT2D eigenvalue weighted by atomic mass is 35.5. The number of hydrogen-bond acceptors (Lipinski definition) is 4. The molecule has 1 amide bonds. The molecule has 1 aromatic rings. The van der Waals surface area contributed by atoms with Crippen molar-refractivity contribution in [3.8, 4) is 0 Å². The summed E-state index contributed by atoms with van der Waals surface area (Å²) in [5.74, 6) is 0.0532. The predicted molar refractivity (Wildman–Crippen MR) is 110 cm³/mol. The van der Waals surface area contributed by atoms with E-state index in [1.165, 1.54) is 0 Å². The van der Waals surface area contributed by atoms with Crippen LogP contribution in [0.4, 0.5) is 0 Å². The lowest BCUT2D eigenvalue weighted by Gasteiger charge is -2.23. The van der Waals surface area contributed by atoms with Crippen LogP contribution in [0.2, 0.25) is 0 Å². The molecule has 0 aliphatic carbocycles. The number of likely N-dealkylation sites (tertiary alicyclic amines) is 1. The van der Waals surface area contributed by atoms with Crippen LogP contribution in [0.1, 0.15) is 43.6 Å². The van der Waals surface area contributed by atoms with E-state index in [4.69, 9.17) is 5.11 Å². The fourth-order valence-corrected chi connectivity index (χ4v) is 3.47. The molecule has 1 fully saturated rings. The molecule has 0 spiro atoms. The molecule has 9 heteroatoms. The van der Waals surface area contributed by atoms with Gasteiger partial charge in [0, 0.05) is 44.2 Å². The van der Waals surface area contributed by atoms with Crippen molar-refractivity contribution < 1.29 is 14.7 Å². The van der Waals surface area contributed by atoms with Crippen molar-refractivity contribution in [3.63, 3.8) is 0 Å². The second-order valence-electron chi connectivity index (χ2n) is 7.41. The first kappa shape index (κ1) is 25.7. The molecule has 0 saturated carbocycles. The van der Waals surface area contributed by atoms with Gasteiger partial charge in [-0.1, -0.05) is 13.8 Å². The number of amides is 1. The molecule has 1 aliphatic heterocycles. The average Bonchev–Trinajstić information content (AvgIpc) is 3.08. The number of aromatic nitrogens is 2. The summed E-state index contributed by atoms with van der Waals surface area (Å²) < 4.78 is 0. The first-order valence-corrected chi connectivity index (χ1v) is 9.01. The molecule has 7 nitrogen and oxygen atoms in total. The molecular weight excluding hydrogens is 391 g/mol.